The highest BCUT2D eigenvalue weighted by atomic mass is 16.6. The van der Waals surface area contributed by atoms with Gasteiger partial charge in [0.05, 0.1) is 11.8 Å². The highest BCUT2D eigenvalue weighted by molar-refractivity contribution is 5.90. The molecule has 0 amide bonds. The molecule has 3 rings (SSSR count). The molecular formula is C28H32O8. The van der Waals surface area contributed by atoms with Crippen molar-refractivity contribution in [2.75, 3.05) is 6.61 Å². The summed E-state index contributed by atoms with van der Waals surface area (Å²) in [5, 5.41) is 0. The molecule has 1 aliphatic heterocycles. The van der Waals surface area contributed by atoms with E-state index in [0.29, 0.717) is 0 Å². The van der Waals surface area contributed by atoms with Gasteiger partial charge in [-0.15, -0.1) is 0 Å². The van der Waals surface area contributed by atoms with Crippen molar-refractivity contribution in [3.63, 3.8) is 0 Å². The van der Waals surface area contributed by atoms with Crippen molar-refractivity contribution in [3.05, 3.63) is 83.3 Å². The summed E-state index contributed by atoms with van der Waals surface area (Å²) in [6.45, 7) is 6.66. The van der Waals surface area contributed by atoms with Gasteiger partial charge in [-0.3, -0.25) is 9.59 Å². The Labute approximate surface area is 211 Å². The molecule has 2 atom stereocenters. The van der Waals surface area contributed by atoms with E-state index in [1.54, 1.807) is 27.7 Å². The first-order valence-electron chi connectivity index (χ1n) is 11.9. The van der Waals surface area contributed by atoms with E-state index in [2.05, 4.69) is 0 Å². The van der Waals surface area contributed by atoms with Crippen molar-refractivity contribution >= 4 is 17.9 Å². The van der Waals surface area contributed by atoms with Gasteiger partial charge in [0.15, 0.2) is 11.9 Å². The van der Waals surface area contributed by atoms with E-state index in [1.165, 1.54) is 0 Å². The second kappa shape index (κ2) is 12.8. The summed E-state index contributed by atoms with van der Waals surface area (Å²) in [7, 11) is 0. The summed E-state index contributed by atoms with van der Waals surface area (Å²) in [5.41, 5.74) is 1.70. The quantitative estimate of drug-likeness (QED) is 0.317. The number of rotatable bonds is 12. The van der Waals surface area contributed by atoms with Crippen LogP contribution in [0.4, 0.5) is 0 Å². The standard InChI is InChI=1S/C28H32O8/c1-18(2)26(29)34-17-22(35-27(30)19(3)4)23-24(32-15-20-11-7-5-8-12-20)25(28(31)36-23)33-16-21-13-9-6-10-14-21/h5-14,18-19,22-23H,15-17H2,1-4H3/t22-,23+/m0/s1. The Morgan fingerprint density at radius 2 is 1.33 bits per heavy atom. The lowest BCUT2D eigenvalue weighted by Crippen LogP contribution is -2.39. The van der Waals surface area contributed by atoms with Crippen LogP contribution < -0.4 is 0 Å². The molecule has 0 aliphatic carbocycles. The Hall–Kier alpha value is -3.81. The van der Waals surface area contributed by atoms with Gasteiger partial charge < -0.3 is 23.7 Å². The fraction of sp³-hybridized carbons (Fsp3) is 0.393. The van der Waals surface area contributed by atoms with Gasteiger partial charge in [0.25, 0.3) is 0 Å². The molecule has 0 saturated carbocycles. The van der Waals surface area contributed by atoms with E-state index in [-0.39, 0.29) is 37.3 Å². The molecule has 0 N–H and O–H groups in total. The maximum Gasteiger partial charge on any atom is 0.378 e. The van der Waals surface area contributed by atoms with Crippen LogP contribution in [0.2, 0.25) is 0 Å². The third-order valence-corrected chi connectivity index (χ3v) is 5.30. The molecule has 2 aromatic carbocycles. The first kappa shape index (κ1) is 26.8. The third-order valence-electron chi connectivity index (χ3n) is 5.30. The van der Waals surface area contributed by atoms with Gasteiger partial charge in [-0.2, -0.15) is 0 Å². The minimum atomic E-state index is -1.14. The van der Waals surface area contributed by atoms with Gasteiger partial charge in [0, 0.05) is 0 Å². The normalized spacial score (nSPS) is 16.1. The van der Waals surface area contributed by atoms with Crippen molar-refractivity contribution in [1.82, 2.24) is 0 Å². The smallest absolute Gasteiger partial charge is 0.378 e. The first-order valence-corrected chi connectivity index (χ1v) is 11.9. The van der Waals surface area contributed by atoms with Crippen LogP contribution in [0, 0.1) is 11.8 Å². The monoisotopic (exact) mass is 496 g/mol. The van der Waals surface area contributed by atoms with Crippen LogP contribution in [0.1, 0.15) is 38.8 Å². The lowest BCUT2D eigenvalue weighted by Gasteiger charge is -2.25. The predicted octanol–water partition coefficient (Wildman–Crippen LogP) is 4.32. The Morgan fingerprint density at radius 3 is 1.86 bits per heavy atom. The Kier molecular flexibility index (Phi) is 9.50. The van der Waals surface area contributed by atoms with Gasteiger partial charge in [-0.05, 0) is 11.1 Å². The number of esters is 3. The van der Waals surface area contributed by atoms with Crippen LogP contribution in [-0.2, 0) is 51.3 Å². The molecule has 0 spiro atoms. The van der Waals surface area contributed by atoms with Crippen LogP contribution >= 0.6 is 0 Å². The van der Waals surface area contributed by atoms with Crippen LogP contribution in [0.3, 0.4) is 0 Å². The minimum Gasteiger partial charge on any atom is -0.485 e. The van der Waals surface area contributed by atoms with E-state index < -0.39 is 36.0 Å². The number of carbonyl (C=O) groups is 3. The van der Waals surface area contributed by atoms with Gasteiger partial charge in [-0.1, -0.05) is 88.4 Å². The second-order valence-corrected chi connectivity index (χ2v) is 8.98. The second-order valence-electron chi connectivity index (χ2n) is 8.98. The topological polar surface area (TPSA) is 97.4 Å². The molecule has 1 heterocycles. The third kappa shape index (κ3) is 7.34. The number of benzene rings is 2. The number of ether oxygens (including phenoxy) is 5. The van der Waals surface area contributed by atoms with Crippen molar-refractivity contribution in [2.24, 2.45) is 11.8 Å². The molecule has 0 fully saturated rings. The highest BCUT2D eigenvalue weighted by Gasteiger charge is 2.45. The number of cyclic esters (lactones) is 1. The lowest BCUT2D eigenvalue weighted by molar-refractivity contribution is -0.174. The summed E-state index contributed by atoms with van der Waals surface area (Å²) in [5.74, 6) is -2.61. The van der Waals surface area contributed by atoms with Crippen molar-refractivity contribution in [1.29, 1.82) is 0 Å². The molecule has 8 nitrogen and oxygen atoms in total. The number of carbonyl (C=O) groups excluding carboxylic acids is 3. The molecule has 2 aromatic rings. The average Bonchev–Trinajstić information content (AvgIpc) is 3.19. The maximum atomic E-state index is 12.9. The maximum absolute atomic E-state index is 12.9. The van der Waals surface area contributed by atoms with Crippen LogP contribution in [-0.4, -0.2) is 36.7 Å². The number of hydrogen-bond donors (Lipinski definition) is 0. The average molecular weight is 497 g/mol. The molecular weight excluding hydrogens is 464 g/mol. The van der Waals surface area contributed by atoms with E-state index >= 15 is 0 Å². The highest BCUT2D eigenvalue weighted by Crippen LogP contribution is 2.31. The summed E-state index contributed by atoms with van der Waals surface area (Å²) >= 11 is 0. The first-order chi connectivity index (χ1) is 17.3. The SMILES string of the molecule is CC(C)C(=O)OC[C@H](OC(=O)C(C)C)[C@H]1OC(=O)C(OCc2ccccc2)=C1OCc1ccccc1. The zero-order valence-electron chi connectivity index (χ0n) is 21.0. The van der Waals surface area contributed by atoms with E-state index in [4.69, 9.17) is 23.7 Å². The molecule has 8 heteroatoms. The summed E-state index contributed by atoms with van der Waals surface area (Å²) < 4.78 is 28.4. The zero-order chi connectivity index (χ0) is 26.1. The van der Waals surface area contributed by atoms with Crippen LogP contribution in [0.5, 0.6) is 0 Å². The molecule has 0 radical (unpaired) electrons. The molecule has 0 saturated heterocycles. The largest absolute Gasteiger partial charge is 0.485 e. The summed E-state index contributed by atoms with van der Waals surface area (Å²) in [6, 6.07) is 18.7. The zero-order valence-corrected chi connectivity index (χ0v) is 21.0. The summed E-state index contributed by atoms with van der Waals surface area (Å²) in [4.78, 5) is 37.4. The molecule has 36 heavy (non-hydrogen) atoms. The fourth-order valence-corrected chi connectivity index (χ4v) is 3.24. The minimum absolute atomic E-state index is 0.0851. The number of hydrogen-bond acceptors (Lipinski definition) is 8. The lowest BCUT2D eigenvalue weighted by atomic mass is 10.1. The molecule has 0 aromatic heterocycles. The Bertz CT molecular complexity index is 1060. The Balaban J connectivity index is 1.89. The van der Waals surface area contributed by atoms with E-state index in [0.717, 1.165) is 11.1 Å². The van der Waals surface area contributed by atoms with Gasteiger partial charge in [-0.25, -0.2) is 4.79 Å². The molecule has 0 unspecified atom stereocenters. The molecule has 192 valence electrons. The van der Waals surface area contributed by atoms with E-state index in [9.17, 15) is 14.4 Å². The van der Waals surface area contributed by atoms with Crippen molar-refractivity contribution < 1.29 is 38.1 Å². The molecule has 1 aliphatic rings. The van der Waals surface area contributed by atoms with Crippen molar-refractivity contribution in [2.45, 2.75) is 53.1 Å². The van der Waals surface area contributed by atoms with E-state index in [1.807, 2.05) is 60.7 Å². The Morgan fingerprint density at radius 1 is 0.806 bits per heavy atom. The van der Waals surface area contributed by atoms with Gasteiger partial charge in [0.1, 0.15) is 19.8 Å². The van der Waals surface area contributed by atoms with Crippen molar-refractivity contribution in [3.8, 4) is 0 Å². The van der Waals surface area contributed by atoms with Crippen LogP contribution in [0.15, 0.2) is 72.2 Å². The molecule has 0 bridgehead atoms. The predicted molar refractivity (Wildman–Crippen MR) is 130 cm³/mol. The fourth-order valence-electron chi connectivity index (χ4n) is 3.24. The van der Waals surface area contributed by atoms with Gasteiger partial charge in [0.2, 0.25) is 11.9 Å². The van der Waals surface area contributed by atoms with Gasteiger partial charge >= 0.3 is 17.9 Å². The summed E-state index contributed by atoms with van der Waals surface area (Å²) in [6.07, 6.45) is -2.26. The van der Waals surface area contributed by atoms with Crippen LogP contribution in [0.25, 0.3) is 0 Å².